The van der Waals surface area contributed by atoms with E-state index in [1.54, 1.807) is 31.3 Å². The van der Waals surface area contributed by atoms with E-state index in [2.05, 4.69) is 0 Å². The molecule has 1 rings (SSSR count). The van der Waals surface area contributed by atoms with E-state index < -0.39 is 12.0 Å². The van der Waals surface area contributed by atoms with Crippen molar-refractivity contribution in [2.75, 3.05) is 11.9 Å². The van der Waals surface area contributed by atoms with Crippen LogP contribution in [0.15, 0.2) is 24.3 Å². The second-order valence-electron chi connectivity index (χ2n) is 4.03. The zero-order valence-corrected chi connectivity index (χ0v) is 10.2. The van der Waals surface area contributed by atoms with Crippen LogP contribution in [0.5, 0.6) is 0 Å². The van der Waals surface area contributed by atoms with Crippen molar-refractivity contribution in [3.05, 3.63) is 29.8 Å². The summed E-state index contributed by atoms with van der Waals surface area (Å²) >= 11 is 0. The third-order valence-corrected chi connectivity index (χ3v) is 2.69. The Kier molecular flexibility index (Phi) is 4.67. The highest BCUT2D eigenvalue weighted by Crippen LogP contribution is 2.21. The Labute approximate surface area is 105 Å². The van der Waals surface area contributed by atoms with Crippen LogP contribution in [0.3, 0.4) is 0 Å². The number of nitrogens with two attached hydrogens (primary N) is 2. The Morgan fingerprint density at radius 1 is 1.44 bits per heavy atom. The number of amides is 2. The molecule has 1 unspecified atom stereocenters. The molecule has 0 aliphatic heterocycles. The van der Waals surface area contributed by atoms with Crippen LogP contribution in [-0.2, 0) is 4.79 Å². The summed E-state index contributed by atoms with van der Waals surface area (Å²) < 4.78 is 0. The highest BCUT2D eigenvalue weighted by molar-refractivity contribution is 5.90. The zero-order chi connectivity index (χ0) is 13.7. The van der Waals surface area contributed by atoms with Gasteiger partial charge in [-0.25, -0.2) is 4.79 Å². The number of aliphatic carboxylic acids is 1. The van der Waals surface area contributed by atoms with Gasteiger partial charge in [-0.05, 0) is 24.1 Å². The second-order valence-corrected chi connectivity index (χ2v) is 4.03. The van der Waals surface area contributed by atoms with Crippen LogP contribution in [0.2, 0.25) is 0 Å². The number of hydrogen-bond donors (Lipinski definition) is 3. The molecule has 6 heteroatoms. The molecule has 5 N–H and O–H groups in total. The Morgan fingerprint density at radius 3 is 2.67 bits per heavy atom. The number of anilines is 1. The van der Waals surface area contributed by atoms with Crippen LogP contribution in [0.1, 0.15) is 24.4 Å². The van der Waals surface area contributed by atoms with Gasteiger partial charge in [0.25, 0.3) is 0 Å². The lowest BCUT2D eigenvalue weighted by molar-refractivity contribution is -0.137. The molecule has 1 aromatic carbocycles. The maximum Gasteiger partial charge on any atom is 0.318 e. The summed E-state index contributed by atoms with van der Waals surface area (Å²) in [6, 6.07) is 6.08. The molecule has 0 aliphatic carbocycles. The molecular weight excluding hydrogens is 234 g/mol. The monoisotopic (exact) mass is 251 g/mol. The number of urea groups is 1. The van der Waals surface area contributed by atoms with Crippen molar-refractivity contribution in [3.8, 4) is 0 Å². The van der Waals surface area contributed by atoms with Crippen molar-refractivity contribution in [1.29, 1.82) is 0 Å². The van der Waals surface area contributed by atoms with Gasteiger partial charge in [0.2, 0.25) is 0 Å². The van der Waals surface area contributed by atoms with E-state index in [-0.39, 0.29) is 12.5 Å². The Hall–Kier alpha value is -2.08. The summed E-state index contributed by atoms with van der Waals surface area (Å²) in [5, 5.41) is 8.60. The van der Waals surface area contributed by atoms with Crippen LogP contribution < -0.4 is 16.4 Å². The molecule has 0 bridgehead atoms. The normalized spacial score (nSPS) is 11.9. The lowest BCUT2D eigenvalue weighted by Gasteiger charge is -2.17. The summed E-state index contributed by atoms with van der Waals surface area (Å²) in [4.78, 5) is 22.8. The second kappa shape index (κ2) is 6.02. The Balaban J connectivity index is 2.81. The summed E-state index contributed by atoms with van der Waals surface area (Å²) in [7, 11) is 1.56. The van der Waals surface area contributed by atoms with Gasteiger partial charge in [0, 0.05) is 25.2 Å². The van der Waals surface area contributed by atoms with Crippen LogP contribution in [0.25, 0.3) is 0 Å². The number of primary amides is 1. The quantitative estimate of drug-likeness (QED) is 0.726. The minimum atomic E-state index is -0.879. The number of carboxylic acids is 1. The first-order chi connectivity index (χ1) is 8.41. The van der Waals surface area contributed by atoms with Crippen molar-refractivity contribution >= 4 is 17.7 Å². The highest BCUT2D eigenvalue weighted by atomic mass is 16.4. The molecule has 2 amide bonds. The number of hydrogen-bond acceptors (Lipinski definition) is 3. The molecule has 98 valence electrons. The van der Waals surface area contributed by atoms with Crippen LogP contribution in [-0.4, -0.2) is 24.2 Å². The van der Waals surface area contributed by atoms with Crippen LogP contribution in [0, 0.1) is 0 Å². The average molecular weight is 251 g/mol. The largest absolute Gasteiger partial charge is 0.481 e. The van der Waals surface area contributed by atoms with Crippen molar-refractivity contribution in [1.82, 2.24) is 0 Å². The van der Waals surface area contributed by atoms with Gasteiger partial charge in [-0.2, -0.15) is 0 Å². The molecular formula is C12H17N3O3. The van der Waals surface area contributed by atoms with E-state index in [0.29, 0.717) is 12.1 Å². The molecule has 0 aromatic heterocycles. The molecule has 0 aliphatic rings. The maximum absolute atomic E-state index is 11.0. The van der Waals surface area contributed by atoms with E-state index >= 15 is 0 Å². The van der Waals surface area contributed by atoms with Crippen molar-refractivity contribution in [2.45, 2.75) is 18.9 Å². The predicted octanol–water partition coefficient (Wildman–Crippen LogP) is 1.07. The zero-order valence-electron chi connectivity index (χ0n) is 10.2. The van der Waals surface area contributed by atoms with Crippen LogP contribution >= 0.6 is 0 Å². The van der Waals surface area contributed by atoms with Crippen LogP contribution in [0.4, 0.5) is 10.5 Å². The van der Waals surface area contributed by atoms with Gasteiger partial charge in [-0.3, -0.25) is 9.69 Å². The third-order valence-electron chi connectivity index (χ3n) is 2.69. The highest BCUT2D eigenvalue weighted by Gasteiger charge is 2.11. The van der Waals surface area contributed by atoms with E-state index in [1.807, 2.05) is 0 Å². The fourth-order valence-corrected chi connectivity index (χ4v) is 1.54. The maximum atomic E-state index is 11.0. The fourth-order valence-electron chi connectivity index (χ4n) is 1.54. The van der Waals surface area contributed by atoms with E-state index in [9.17, 15) is 9.59 Å². The number of benzene rings is 1. The van der Waals surface area contributed by atoms with Gasteiger partial charge in [-0.15, -0.1) is 0 Å². The molecule has 1 aromatic rings. The molecule has 6 nitrogen and oxygen atoms in total. The van der Waals surface area contributed by atoms with Crippen molar-refractivity contribution in [2.24, 2.45) is 11.5 Å². The third kappa shape index (κ3) is 3.74. The molecule has 0 radical (unpaired) electrons. The molecule has 0 spiro atoms. The predicted molar refractivity (Wildman–Crippen MR) is 68.2 cm³/mol. The number of nitrogens with zero attached hydrogens (tertiary/aromatic N) is 1. The van der Waals surface area contributed by atoms with Crippen molar-refractivity contribution in [3.63, 3.8) is 0 Å². The fraction of sp³-hybridized carbons (Fsp3) is 0.333. The molecule has 0 heterocycles. The number of rotatable bonds is 5. The first kappa shape index (κ1) is 14.0. The number of carboxylic acid groups (broad SMARTS) is 1. The lowest BCUT2D eigenvalue weighted by atomic mass is 10.0. The molecule has 18 heavy (non-hydrogen) atoms. The molecule has 1 atom stereocenters. The topological polar surface area (TPSA) is 110 Å². The van der Waals surface area contributed by atoms with E-state index in [4.69, 9.17) is 16.6 Å². The number of carbonyl (C=O) groups is 2. The summed E-state index contributed by atoms with van der Waals surface area (Å²) in [5.74, 6) is -0.879. The minimum absolute atomic E-state index is 0.0110. The minimum Gasteiger partial charge on any atom is -0.481 e. The first-order valence-electron chi connectivity index (χ1n) is 5.52. The van der Waals surface area contributed by atoms with E-state index in [1.165, 1.54) is 4.90 Å². The van der Waals surface area contributed by atoms with Gasteiger partial charge >= 0.3 is 12.0 Å². The van der Waals surface area contributed by atoms with Gasteiger partial charge in [0.05, 0.1) is 0 Å². The average Bonchev–Trinajstić information content (AvgIpc) is 2.34. The molecule has 0 saturated heterocycles. The van der Waals surface area contributed by atoms with Gasteiger partial charge < -0.3 is 16.6 Å². The summed E-state index contributed by atoms with van der Waals surface area (Å²) in [6.07, 6.45) is 0.357. The van der Waals surface area contributed by atoms with Gasteiger partial charge in [0.15, 0.2) is 0 Å². The molecule has 0 saturated carbocycles. The first-order valence-corrected chi connectivity index (χ1v) is 5.52. The summed E-state index contributed by atoms with van der Waals surface area (Å²) in [5.41, 5.74) is 12.5. The van der Waals surface area contributed by atoms with Crippen molar-refractivity contribution < 1.29 is 14.7 Å². The van der Waals surface area contributed by atoms with E-state index in [0.717, 1.165) is 5.56 Å². The smallest absolute Gasteiger partial charge is 0.318 e. The lowest BCUT2D eigenvalue weighted by Crippen LogP contribution is -2.31. The standard InChI is InChI=1S/C12H17N3O3/c1-15(12(14)18)9-4-2-3-8(7-9)10(13)5-6-11(16)17/h2-4,7,10H,5-6,13H2,1H3,(H2,14,18)(H,16,17). The SMILES string of the molecule is CN(C(N)=O)c1cccc(C(N)CCC(=O)O)c1. The Bertz CT molecular complexity index is 448. The molecule has 0 fully saturated rings. The van der Waals surface area contributed by atoms with Gasteiger partial charge in [-0.1, -0.05) is 12.1 Å². The van der Waals surface area contributed by atoms with Gasteiger partial charge in [0.1, 0.15) is 0 Å². The summed E-state index contributed by atoms with van der Waals surface area (Å²) in [6.45, 7) is 0. The Morgan fingerprint density at radius 2 is 2.11 bits per heavy atom. The number of carbonyl (C=O) groups excluding carboxylic acids is 1.